The molecular weight excluding hydrogens is 250 g/mol. The van der Waals surface area contributed by atoms with Gasteiger partial charge in [0.2, 0.25) is 0 Å². The summed E-state index contributed by atoms with van der Waals surface area (Å²) in [6.07, 6.45) is 1.25. The van der Waals surface area contributed by atoms with Crippen molar-refractivity contribution in [2.75, 3.05) is 13.1 Å². The number of thiophene rings is 1. The first-order chi connectivity index (χ1) is 9.24. The van der Waals surface area contributed by atoms with E-state index in [9.17, 15) is 0 Å². The second kappa shape index (κ2) is 5.48. The maximum absolute atomic E-state index is 3.56. The first-order valence-electron chi connectivity index (χ1n) is 7.07. The van der Waals surface area contributed by atoms with E-state index in [-0.39, 0.29) is 0 Å². The summed E-state index contributed by atoms with van der Waals surface area (Å²) in [6, 6.07) is 13.6. The first kappa shape index (κ1) is 12.9. The van der Waals surface area contributed by atoms with Gasteiger partial charge in [-0.1, -0.05) is 29.8 Å². The number of aryl methyl sites for hydroxylation is 2. The lowest BCUT2D eigenvalue weighted by atomic mass is 9.80. The highest BCUT2D eigenvalue weighted by molar-refractivity contribution is 7.12. The number of hydrogen-bond acceptors (Lipinski definition) is 2. The Kier molecular flexibility index (Phi) is 3.72. The van der Waals surface area contributed by atoms with Crippen molar-refractivity contribution in [3.8, 4) is 0 Å². The Hall–Kier alpha value is -1.12. The highest BCUT2D eigenvalue weighted by atomic mass is 32.1. The fourth-order valence-electron chi connectivity index (χ4n) is 3.10. The fourth-order valence-corrected chi connectivity index (χ4v) is 4.18. The van der Waals surface area contributed by atoms with Crippen LogP contribution in [-0.4, -0.2) is 13.1 Å². The van der Waals surface area contributed by atoms with Crippen LogP contribution in [0.25, 0.3) is 0 Å². The average molecular weight is 271 g/mol. The van der Waals surface area contributed by atoms with Gasteiger partial charge in [-0.05, 0) is 44.5 Å². The zero-order valence-electron chi connectivity index (χ0n) is 11.6. The molecule has 0 aliphatic carbocycles. The van der Waals surface area contributed by atoms with Crippen LogP contribution in [0.3, 0.4) is 0 Å². The predicted molar refractivity (Wildman–Crippen MR) is 83.2 cm³/mol. The molecule has 2 atom stereocenters. The lowest BCUT2D eigenvalue weighted by molar-refractivity contribution is 0.408. The van der Waals surface area contributed by atoms with Crippen LogP contribution in [0.4, 0.5) is 0 Å². The van der Waals surface area contributed by atoms with Crippen molar-refractivity contribution in [1.82, 2.24) is 5.32 Å². The summed E-state index contributed by atoms with van der Waals surface area (Å²) < 4.78 is 0. The SMILES string of the molecule is Cc1cccc(C2CNCCC2c2ccc(C)s2)c1. The second-order valence-corrected chi connectivity index (χ2v) is 6.89. The van der Waals surface area contributed by atoms with Crippen LogP contribution < -0.4 is 5.32 Å². The third-order valence-electron chi connectivity index (χ3n) is 4.08. The van der Waals surface area contributed by atoms with E-state index in [4.69, 9.17) is 0 Å². The molecular formula is C17H21NS. The van der Waals surface area contributed by atoms with Crippen LogP contribution in [0.5, 0.6) is 0 Å². The second-order valence-electron chi connectivity index (χ2n) is 5.57. The minimum atomic E-state index is 0.617. The Morgan fingerprint density at radius 2 is 2.00 bits per heavy atom. The summed E-state index contributed by atoms with van der Waals surface area (Å²) in [5.74, 6) is 1.30. The Balaban J connectivity index is 1.93. The van der Waals surface area contributed by atoms with Crippen molar-refractivity contribution in [1.29, 1.82) is 0 Å². The third-order valence-corrected chi connectivity index (χ3v) is 5.21. The number of hydrogen-bond donors (Lipinski definition) is 1. The topological polar surface area (TPSA) is 12.0 Å². The molecule has 100 valence electrons. The van der Waals surface area contributed by atoms with Gasteiger partial charge in [0.1, 0.15) is 0 Å². The molecule has 1 aliphatic heterocycles. The van der Waals surface area contributed by atoms with Crippen LogP contribution >= 0.6 is 11.3 Å². The number of benzene rings is 1. The van der Waals surface area contributed by atoms with Crippen LogP contribution in [0.1, 0.15) is 39.1 Å². The van der Waals surface area contributed by atoms with Gasteiger partial charge >= 0.3 is 0 Å². The molecule has 1 fully saturated rings. The molecule has 2 unspecified atom stereocenters. The maximum atomic E-state index is 3.56. The summed E-state index contributed by atoms with van der Waals surface area (Å²) in [4.78, 5) is 2.99. The van der Waals surface area contributed by atoms with E-state index in [0.717, 1.165) is 13.1 Å². The van der Waals surface area contributed by atoms with E-state index in [1.54, 1.807) is 4.88 Å². The molecule has 2 heteroatoms. The maximum Gasteiger partial charge on any atom is 0.00860 e. The molecule has 1 aromatic heterocycles. The summed E-state index contributed by atoms with van der Waals surface area (Å²) in [5.41, 5.74) is 2.85. The van der Waals surface area contributed by atoms with E-state index >= 15 is 0 Å². The van der Waals surface area contributed by atoms with Gasteiger partial charge in [-0.2, -0.15) is 0 Å². The van der Waals surface area contributed by atoms with Crippen molar-refractivity contribution in [2.45, 2.75) is 32.1 Å². The van der Waals surface area contributed by atoms with Crippen LogP contribution in [-0.2, 0) is 0 Å². The number of nitrogens with one attached hydrogen (secondary N) is 1. The molecule has 1 aliphatic rings. The highest BCUT2D eigenvalue weighted by Gasteiger charge is 2.28. The van der Waals surface area contributed by atoms with Gasteiger partial charge in [-0.3, -0.25) is 0 Å². The smallest absolute Gasteiger partial charge is 0.00860 e. The Morgan fingerprint density at radius 3 is 2.74 bits per heavy atom. The van der Waals surface area contributed by atoms with Gasteiger partial charge in [0.15, 0.2) is 0 Å². The molecule has 1 nitrogen and oxygen atoms in total. The fraction of sp³-hybridized carbons (Fsp3) is 0.412. The van der Waals surface area contributed by atoms with E-state index in [1.165, 1.54) is 22.4 Å². The Labute approximate surface area is 119 Å². The lowest BCUT2D eigenvalue weighted by Gasteiger charge is -2.32. The number of piperidine rings is 1. The van der Waals surface area contributed by atoms with Gasteiger partial charge < -0.3 is 5.32 Å². The lowest BCUT2D eigenvalue weighted by Crippen LogP contribution is -2.33. The van der Waals surface area contributed by atoms with Crippen molar-refractivity contribution >= 4 is 11.3 Å². The predicted octanol–water partition coefficient (Wildman–Crippen LogP) is 4.23. The van der Waals surface area contributed by atoms with E-state index < -0.39 is 0 Å². The molecule has 2 heterocycles. The standard InChI is InChI=1S/C17H21NS/c1-12-4-3-5-14(10-12)16-11-18-9-8-15(16)17-7-6-13(2)19-17/h3-7,10,15-16,18H,8-9,11H2,1-2H3. The Morgan fingerprint density at radius 1 is 1.11 bits per heavy atom. The molecule has 0 saturated carbocycles. The molecule has 1 aromatic carbocycles. The minimum Gasteiger partial charge on any atom is -0.316 e. The first-order valence-corrected chi connectivity index (χ1v) is 7.89. The molecule has 1 N–H and O–H groups in total. The van der Waals surface area contributed by atoms with Gasteiger partial charge in [0.25, 0.3) is 0 Å². The van der Waals surface area contributed by atoms with Crippen molar-refractivity contribution in [3.05, 3.63) is 57.3 Å². The van der Waals surface area contributed by atoms with Crippen molar-refractivity contribution < 1.29 is 0 Å². The Bertz CT molecular complexity index is 558. The van der Waals surface area contributed by atoms with Gasteiger partial charge in [-0.15, -0.1) is 11.3 Å². The van der Waals surface area contributed by atoms with E-state index in [2.05, 4.69) is 55.6 Å². The molecule has 0 amide bonds. The number of rotatable bonds is 2. The van der Waals surface area contributed by atoms with Gasteiger partial charge in [0.05, 0.1) is 0 Å². The molecule has 0 bridgehead atoms. The van der Waals surface area contributed by atoms with Crippen molar-refractivity contribution in [2.24, 2.45) is 0 Å². The minimum absolute atomic E-state index is 0.617. The zero-order chi connectivity index (χ0) is 13.2. The zero-order valence-corrected chi connectivity index (χ0v) is 12.5. The molecule has 0 radical (unpaired) electrons. The third kappa shape index (κ3) is 2.75. The van der Waals surface area contributed by atoms with Crippen LogP contribution in [0.15, 0.2) is 36.4 Å². The molecule has 0 spiro atoms. The summed E-state index contributed by atoms with van der Waals surface area (Å²) in [6.45, 7) is 6.63. The summed E-state index contributed by atoms with van der Waals surface area (Å²) in [5, 5.41) is 3.56. The molecule has 19 heavy (non-hydrogen) atoms. The normalized spacial score (nSPS) is 23.5. The summed E-state index contributed by atoms with van der Waals surface area (Å²) >= 11 is 1.97. The molecule has 1 saturated heterocycles. The highest BCUT2D eigenvalue weighted by Crippen LogP contribution is 2.40. The van der Waals surface area contributed by atoms with Crippen LogP contribution in [0, 0.1) is 13.8 Å². The average Bonchev–Trinajstić information content (AvgIpc) is 2.85. The van der Waals surface area contributed by atoms with Gasteiger partial charge in [0, 0.05) is 28.1 Å². The largest absolute Gasteiger partial charge is 0.316 e. The quantitative estimate of drug-likeness (QED) is 0.862. The monoisotopic (exact) mass is 271 g/mol. The van der Waals surface area contributed by atoms with E-state index in [0.29, 0.717) is 11.8 Å². The molecule has 2 aromatic rings. The van der Waals surface area contributed by atoms with E-state index in [1.807, 2.05) is 11.3 Å². The summed E-state index contributed by atoms with van der Waals surface area (Å²) in [7, 11) is 0. The van der Waals surface area contributed by atoms with Crippen LogP contribution in [0.2, 0.25) is 0 Å². The van der Waals surface area contributed by atoms with Gasteiger partial charge in [-0.25, -0.2) is 0 Å². The molecule has 3 rings (SSSR count). The van der Waals surface area contributed by atoms with Crippen molar-refractivity contribution in [3.63, 3.8) is 0 Å².